The molecule has 0 saturated heterocycles. The van der Waals surface area contributed by atoms with E-state index in [1.807, 2.05) is 0 Å². The normalized spacial score (nSPS) is 10.3. The fourth-order valence-corrected chi connectivity index (χ4v) is 2.41. The van der Waals surface area contributed by atoms with Gasteiger partial charge < -0.3 is 4.74 Å². The minimum atomic E-state index is -0.448. The maximum absolute atomic E-state index is 13.5. The number of nitrogens with one attached hydrogen (secondary N) is 1. The van der Waals surface area contributed by atoms with E-state index in [0.29, 0.717) is 23.0 Å². The Balaban J connectivity index is 2.01. The van der Waals surface area contributed by atoms with Gasteiger partial charge >= 0.3 is 5.97 Å². The molecule has 0 aliphatic heterocycles. The molecule has 7 heteroatoms. The molecule has 0 fully saturated rings. The Morgan fingerprint density at radius 3 is 2.86 bits per heavy atom. The molecule has 2 aromatic rings. The van der Waals surface area contributed by atoms with Crippen LogP contribution in [-0.2, 0) is 16.0 Å². The second-order valence-electron chi connectivity index (χ2n) is 4.54. The monoisotopic (exact) mass is 322 g/mol. The molecule has 1 aromatic carbocycles. The first-order valence-electron chi connectivity index (χ1n) is 6.67. The Morgan fingerprint density at radius 2 is 2.18 bits per heavy atom. The number of carbonyl (C=O) groups is 2. The first-order chi connectivity index (χ1) is 10.5. The molecule has 0 bridgehead atoms. The number of carbonyl (C=O) groups excluding carboxylic acids is 2. The summed E-state index contributed by atoms with van der Waals surface area (Å²) in [4.78, 5) is 27.5. The topological polar surface area (TPSA) is 68.3 Å². The first kappa shape index (κ1) is 16.1. The van der Waals surface area contributed by atoms with Gasteiger partial charge in [-0.1, -0.05) is 6.07 Å². The van der Waals surface area contributed by atoms with Gasteiger partial charge in [0.15, 0.2) is 5.13 Å². The lowest BCUT2D eigenvalue weighted by molar-refractivity contribution is -0.142. The lowest BCUT2D eigenvalue weighted by atomic mass is 10.1. The van der Waals surface area contributed by atoms with Gasteiger partial charge in [0, 0.05) is 10.9 Å². The van der Waals surface area contributed by atoms with Crippen molar-refractivity contribution in [2.75, 3.05) is 11.9 Å². The third kappa shape index (κ3) is 4.11. The summed E-state index contributed by atoms with van der Waals surface area (Å²) in [5.74, 6) is -1.25. The standard InChI is InChI=1S/C15H15FN2O3S/c1-3-21-13(19)7-11-8-22-15(17-11)18-14(20)10-5-4-9(2)12(16)6-10/h4-6,8H,3,7H2,1-2H3,(H,17,18,20). The molecule has 0 spiro atoms. The fourth-order valence-electron chi connectivity index (χ4n) is 1.71. The van der Waals surface area contributed by atoms with Gasteiger partial charge in [-0.05, 0) is 31.5 Å². The van der Waals surface area contributed by atoms with Crippen molar-refractivity contribution in [3.63, 3.8) is 0 Å². The number of hydrogen-bond acceptors (Lipinski definition) is 5. The van der Waals surface area contributed by atoms with Crippen LogP contribution in [0, 0.1) is 12.7 Å². The van der Waals surface area contributed by atoms with Crippen molar-refractivity contribution in [2.24, 2.45) is 0 Å². The second kappa shape index (κ2) is 7.13. The summed E-state index contributed by atoms with van der Waals surface area (Å²) >= 11 is 1.20. The molecular formula is C15H15FN2O3S. The smallest absolute Gasteiger partial charge is 0.311 e. The van der Waals surface area contributed by atoms with E-state index in [-0.39, 0.29) is 18.0 Å². The minimum Gasteiger partial charge on any atom is -0.466 e. The van der Waals surface area contributed by atoms with Crippen LogP contribution >= 0.6 is 11.3 Å². The molecule has 0 aliphatic rings. The zero-order chi connectivity index (χ0) is 16.1. The number of anilines is 1. The summed E-state index contributed by atoms with van der Waals surface area (Å²) in [6, 6.07) is 4.26. The van der Waals surface area contributed by atoms with Gasteiger partial charge in [-0.3, -0.25) is 14.9 Å². The zero-order valence-corrected chi connectivity index (χ0v) is 13.0. The van der Waals surface area contributed by atoms with Crippen LogP contribution in [0.4, 0.5) is 9.52 Å². The predicted molar refractivity (Wildman–Crippen MR) is 81.5 cm³/mol. The third-order valence-electron chi connectivity index (χ3n) is 2.84. The molecule has 2 rings (SSSR count). The Morgan fingerprint density at radius 1 is 1.41 bits per heavy atom. The van der Waals surface area contributed by atoms with Gasteiger partial charge in [0.25, 0.3) is 5.91 Å². The largest absolute Gasteiger partial charge is 0.466 e. The highest BCUT2D eigenvalue weighted by molar-refractivity contribution is 7.14. The average Bonchev–Trinajstić information content (AvgIpc) is 2.89. The van der Waals surface area contributed by atoms with Crippen molar-refractivity contribution >= 4 is 28.3 Å². The second-order valence-corrected chi connectivity index (χ2v) is 5.40. The summed E-state index contributed by atoms with van der Waals surface area (Å²) in [6.07, 6.45) is 0.0549. The molecule has 0 aliphatic carbocycles. The molecule has 0 atom stereocenters. The van der Waals surface area contributed by atoms with E-state index in [0.717, 1.165) is 0 Å². The van der Waals surface area contributed by atoms with E-state index in [9.17, 15) is 14.0 Å². The number of nitrogens with zero attached hydrogens (tertiary/aromatic N) is 1. The van der Waals surface area contributed by atoms with Gasteiger partial charge in [-0.15, -0.1) is 11.3 Å². The Kier molecular flexibility index (Phi) is 5.21. The maximum Gasteiger partial charge on any atom is 0.311 e. The van der Waals surface area contributed by atoms with Crippen molar-refractivity contribution in [1.29, 1.82) is 0 Å². The lowest BCUT2D eigenvalue weighted by Gasteiger charge is -2.03. The van der Waals surface area contributed by atoms with Crippen molar-refractivity contribution in [3.8, 4) is 0 Å². The summed E-state index contributed by atoms with van der Waals surface area (Å²) < 4.78 is 18.3. The van der Waals surface area contributed by atoms with Crippen LogP contribution in [0.1, 0.15) is 28.5 Å². The van der Waals surface area contributed by atoms with Crippen LogP contribution in [0.15, 0.2) is 23.6 Å². The van der Waals surface area contributed by atoms with E-state index >= 15 is 0 Å². The molecule has 1 aromatic heterocycles. The highest BCUT2D eigenvalue weighted by Gasteiger charge is 2.12. The van der Waals surface area contributed by atoms with Crippen molar-refractivity contribution in [3.05, 3.63) is 46.2 Å². The SMILES string of the molecule is CCOC(=O)Cc1csc(NC(=O)c2ccc(C)c(F)c2)n1. The predicted octanol–water partition coefficient (Wildman–Crippen LogP) is 2.95. The highest BCUT2D eigenvalue weighted by atomic mass is 32.1. The minimum absolute atomic E-state index is 0.0549. The fraction of sp³-hybridized carbons (Fsp3) is 0.267. The molecule has 116 valence electrons. The maximum atomic E-state index is 13.5. The first-order valence-corrected chi connectivity index (χ1v) is 7.55. The zero-order valence-electron chi connectivity index (χ0n) is 12.2. The van der Waals surface area contributed by atoms with E-state index in [4.69, 9.17) is 4.74 Å². The molecule has 22 heavy (non-hydrogen) atoms. The van der Waals surface area contributed by atoms with Crippen LogP contribution in [0.25, 0.3) is 0 Å². The number of amides is 1. The Bertz CT molecular complexity index is 700. The number of halogens is 1. The van der Waals surface area contributed by atoms with Gasteiger partial charge in [0.05, 0.1) is 18.7 Å². The molecule has 1 amide bonds. The lowest BCUT2D eigenvalue weighted by Crippen LogP contribution is -2.12. The van der Waals surface area contributed by atoms with Crippen molar-refractivity contribution in [1.82, 2.24) is 4.98 Å². The summed E-state index contributed by atoms with van der Waals surface area (Å²) in [5, 5.41) is 4.60. The molecule has 1 heterocycles. The molecular weight excluding hydrogens is 307 g/mol. The van der Waals surface area contributed by atoms with E-state index in [2.05, 4.69) is 10.3 Å². The number of hydrogen-bond donors (Lipinski definition) is 1. The molecule has 5 nitrogen and oxygen atoms in total. The number of thiazole rings is 1. The molecule has 1 N–H and O–H groups in total. The molecule has 0 unspecified atom stereocenters. The Labute approximate surface area is 131 Å². The van der Waals surface area contributed by atoms with Crippen LogP contribution in [0.5, 0.6) is 0 Å². The van der Waals surface area contributed by atoms with Crippen LogP contribution in [-0.4, -0.2) is 23.5 Å². The van der Waals surface area contributed by atoms with Crippen LogP contribution in [0.2, 0.25) is 0 Å². The number of aryl methyl sites for hydroxylation is 1. The summed E-state index contributed by atoms with van der Waals surface area (Å²) in [7, 11) is 0. The quantitative estimate of drug-likeness (QED) is 0.859. The number of esters is 1. The number of aromatic nitrogens is 1. The number of benzene rings is 1. The molecule has 0 saturated carbocycles. The van der Waals surface area contributed by atoms with Crippen molar-refractivity contribution < 1.29 is 18.7 Å². The summed E-state index contributed by atoms with van der Waals surface area (Å²) in [5.41, 5.74) is 1.21. The van der Waals surface area contributed by atoms with E-state index in [1.165, 1.54) is 23.5 Å². The number of ether oxygens (including phenoxy) is 1. The number of rotatable bonds is 5. The Hall–Kier alpha value is -2.28. The average molecular weight is 322 g/mol. The van der Waals surface area contributed by atoms with Crippen LogP contribution < -0.4 is 5.32 Å². The third-order valence-corrected chi connectivity index (χ3v) is 3.64. The van der Waals surface area contributed by atoms with Crippen molar-refractivity contribution in [2.45, 2.75) is 20.3 Å². The van der Waals surface area contributed by atoms with E-state index in [1.54, 1.807) is 25.3 Å². The summed E-state index contributed by atoms with van der Waals surface area (Å²) in [6.45, 7) is 3.66. The van der Waals surface area contributed by atoms with E-state index < -0.39 is 11.7 Å². The van der Waals surface area contributed by atoms with Crippen LogP contribution in [0.3, 0.4) is 0 Å². The van der Waals surface area contributed by atoms with Gasteiger partial charge in [0.2, 0.25) is 0 Å². The van der Waals surface area contributed by atoms with Gasteiger partial charge in [-0.2, -0.15) is 0 Å². The van der Waals surface area contributed by atoms with Gasteiger partial charge in [0.1, 0.15) is 5.82 Å². The molecule has 0 radical (unpaired) electrons. The highest BCUT2D eigenvalue weighted by Crippen LogP contribution is 2.18. The van der Waals surface area contributed by atoms with Gasteiger partial charge in [-0.25, -0.2) is 9.37 Å².